The Bertz CT molecular complexity index is 2150. The Morgan fingerprint density at radius 2 is 1.27 bits per heavy atom. The molecule has 0 spiro atoms. The van der Waals surface area contributed by atoms with Crippen molar-refractivity contribution < 1.29 is 52.0 Å². The van der Waals surface area contributed by atoms with Crippen LogP contribution < -0.4 is 11.1 Å². The van der Waals surface area contributed by atoms with Crippen molar-refractivity contribution in [3.63, 3.8) is 0 Å². The summed E-state index contributed by atoms with van der Waals surface area (Å²) < 4.78 is 40.3. The molecule has 250 valence electrons. The van der Waals surface area contributed by atoms with E-state index >= 15 is 0 Å². The van der Waals surface area contributed by atoms with E-state index in [9.17, 15) is 28.8 Å². The molecule has 0 unspecified atom stereocenters. The van der Waals surface area contributed by atoms with Gasteiger partial charge in [-0.2, -0.15) is 0 Å². The average molecular weight is 662 g/mol. The highest BCUT2D eigenvalue weighted by atomic mass is 16.7. The molecule has 14 nitrogen and oxygen atoms in total. The number of benzene rings is 3. The molecule has 1 fully saturated rings. The molecule has 5 atom stereocenters. The number of esters is 4. The van der Waals surface area contributed by atoms with Crippen LogP contribution in [0.4, 0.5) is 0 Å². The van der Waals surface area contributed by atoms with Crippen molar-refractivity contribution in [3.05, 3.63) is 69.2 Å². The van der Waals surface area contributed by atoms with E-state index in [4.69, 9.17) is 32.8 Å². The van der Waals surface area contributed by atoms with Gasteiger partial charge in [0.2, 0.25) is 0 Å². The quantitative estimate of drug-likeness (QED) is 0.0976. The van der Waals surface area contributed by atoms with Gasteiger partial charge in [-0.3, -0.25) is 33.3 Å². The third-order valence-corrected chi connectivity index (χ3v) is 8.02. The lowest BCUT2D eigenvalue weighted by atomic mass is 9.96. The van der Waals surface area contributed by atoms with Gasteiger partial charge in [-0.1, -0.05) is 24.3 Å². The average Bonchev–Trinajstić information content (AvgIpc) is 3.03. The van der Waals surface area contributed by atoms with Gasteiger partial charge in [0.1, 0.15) is 23.9 Å². The number of ether oxygens (including phenoxy) is 6. The van der Waals surface area contributed by atoms with Gasteiger partial charge in [0.15, 0.2) is 24.6 Å². The third kappa shape index (κ3) is 6.07. The number of pyridine rings is 1. The third-order valence-electron chi connectivity index (χ3n) is 8.02. The van der Waals surface area contributed by atoms with E-state index in [1.54, 1.807) is 18.2 Å². The molecule has 0 amide bonds. The van der Waals surface area contributed by atoms with Gasteiger partial charge in [0.25, 0.3) is 11.1 Å². The minimum Gasteiger partial charge on any atom is -0.463 e. The summed E-state index contributed by atoms with van der Waals surface area (Å²) >= 11 is 0. The molecular formula is C34H31NO13. The number of para-hydroxylation sites is 1. The Balaban J connectivity index is 1.34. The number of carbonyl (C=O) groups is 4. The molecule has 5 aromatic rings. The second-order valence-electron chi connectivity index (χ2n) is 11.3. The van der Waals surface area contributed by atoms with Crippen LogP contribution in [0.3, 0.4) is 0 Å². The van der Waals surface area contributed by atoms with Crippen LogP contribution in [-0.2, 0) is 54.1 Å². The zero-order chi connectivity index (χ0) is 34.3. The van der Waals surface area contributed by atoms with Crippen molar-refractivity contribution in [3.8, 4) is 0 Å². The molecule has 1 saturated heterocycles. The van der Waals surface area contributed by atoms with E-state index in [1.165, 1.54) is 0 Å². The molecule has 14 heteroatoms. The normalized spacial score (nSPS) is 21.0. The standard InChI is InChI=1S/C34H31NO13/c1-16(36)43-15-26-29(44-17(2)37)30(45-18(3)38)31(46-19(4)39)34(48-26)42-14-13-35-32(40)22-10-9-21-20-7-5-6-8-24(20)47-25-12-11-23(33(35)41)27(22)28(21)25/h5-12,26,29-31,34H,13-15H2,1-4H3/t26-,29+,30-,31+,34-/m1/s1. The summed E-state index contributed by atoms with van der Waals surface area (Å²) in [5.74, 6) is -3.02. The summed E-state index contributed by atoms with van der Waals surface area (Å²) in [6.07, 6.45) is -6.90. The number of hydrogen-bond acceptors (Lipinski definition) is 13. The molecular weight excluding hydrogens is 630 g/mol. The molecule has 3 aromatic carbocycles. The second-order valence-corrected chi connectivity index (χ2v) is 11.3. The highest BCUT2D eigenvalue weighted by molar-refractivity contribution is 6.26. The Labute approximate surface area is 271 Å². The largest absolute Gasteiger partial charge is 0.463 e. The molecule has 0 aliphatic carbocycles. The first-order chi connectivity index (χ1) is 22.9. The maximum absolute atomic E-state index is 13.8. The molecule has 1 aliphatic rings. The Kier molecular flexibility index (Phi) is 8.86. The van der Waals surface area contributed by atoms with Crippen LogP contribution in [0.1, 0.15) is 27.7 Å². The summed E-state index contributed by atoms with van der Waals surface area (Å²) in [6, 6.07) is 14.3. The lowest BCUT2D eigenvalue weighted by Gasteiger charge is -2.44. The minimum atomic E-state index is -1.46. The van der Waals surface area contributed by atoms with Crippen LogP contribution in [-0.4, -0.2) is 72.4 Å². The van der Waals surface area contributed by atoms with Crippen LogP contribution in [0.15, 0.2) is 62.5 Å². The van der Waals surface area contributed by atoms with Gasteiger partial charge >= 0.3 is 23.9 Å². The van der Waals surface area contributed by atoms with E-state index in [-0.39, 0.29) is 13.2 Å². The van der Waals surface area contributed by atoms with Crippen molar-refractivity contribution in [2.24, 2.45) is 0 Å². The summed E-state index contributed by atoms with van der Waals surface area (Å²) in [6.45, 7) is 3.50. The van der Waals surface area contributed by atoms with E-state index in [0.717, 1.165) is 43.0 Å². The van der Waals surface area contributed by atoms with E-state index in [2.05, 4.69) is 0 Å². The molecule has 6 rings (SSSR count). The first kappa shape index (κ1) is 32.6. The number of aromatic nitrogens is 1. The van der Waals surface area contributed by atoms with Gasteiger partial charge in [0.05, 0.1) is 13.2 Å². The number of fused-ring (bicyclic) bond motifs is 2. The van der Waals surface area contributed by atoms with Gasteiger partial charge in [0, 0.05) is 54.6 Å². The Hall–Kier alpha value is -5.34. The zero-order valence-corrected chi connectivity index (χ0v) is 26.4. The summed E-state index contributed by atoms with van der Waals surface area (Å²) in [5, 5.41) is 3.45. The smallest absolute Gasteiger partial charge is 0.303 e. The minimum absolute atomic E-state index is 0.242. The lowest BCUT2D eigenvalue weighted by Crippen LogP contribution is -2.63. The first-order valence-corrected chi connectivity index (χ1v) is 15.1. The molecule has 0 radical (unpaired) electrons. The van der Waals surface area contributed by atoms with Crippen LogP contribution >= 0.6 is 0 Å². The van der Waals surface area contributed by atoms with Crippen LogP contribution in [0.5, 0.6) is 0 Å². The topological polar surface area (TPSA) is 176 Å². The van der Waals surface area contributed by atoms with Crippen molar-refractivity contribution in [1.82, 2.24) is 4.57 Å². The van der Waals surface area contributed by atoms with E-state index in [0.29, 0.717) is 32.7 Å². The van der Waals surface area contributed by atoms with Gasteiger partial charge in [-0.15, -0.1) is 0 Å². The monoisotopic (exact) mass is 661 g/mol. The highest BCUT2D eigenvalue weighted by Gasteiger charge is 2.52. The molecule has 0 saturated carbocycles. The van der Waals surface area contributed by atoms with Gasteiger partial charge in [-0.25, -0.2) is 0 Å². The number of carbonyl (C=O) groups excluding carboxylic acids is 4. The van der Waals surface area contributed by atoms with Crippen molar-refractivity contribution in [1.29, 1.82) is 0 Å². The highest BCUT2D eigenvalue weighted by Crippen LogP contribution is 2.36. The Morgan fingerprint density at radius 3 is 1.94 bits per heavy atom. The summed E-state index contributed by atoms with van der Waals surface area (Å²) in [7, 11) is 0. The fraction of sp³-hybridized carbons (Fsp3) is 0.353. The SMILES string of the molecule is CC(=O)OC[C@H]1O[C@@H](OCCn2c(=O)c3ccc4oc5ccccc5c5ccc(c2=O)c3c45)[C@@H](OC(C)=O)[C@H](OC(C)=O)[C@H]1OC(C)=O. The summed E-state index contributed by atoms with van der Waals surface area (Å²) in [4.78, 5) is 75.3. The van der Waals surface area contributed by atoms with Crippen LogP contribution in [0.2, 0.25) is 0 Å². The molecule has 1 aliphatic heterocycles. The zero-order valence-electron chi connectivity index (χ0n) is 26.4. The molecule has 3 heterocycles. The maximum atomic E-state index is 13.8. The molecule has 2 aromatic heterocycles. The van der Waals surface area contributed by atoms with Crippen molar-refractivity contribution in [2.75, 3.05) is 13.2 Å². The fourth-order valence-corrected chi connectivity index (χ4v) is 6.20. The fourth-order valence-electron chi connectivity index (χ4n) is 6.20. The summed E-state index contributed by atoms with van der Waals surface area (Å²) in [5.41, 5.74) is 0.0910. The Morgan fingerprint density at radius 1 is 0.667 bits per heavy atom. The predicted octanol–water partition coefficient (Wildman–Crippen LogP) is 2.95. The number of hydrogen-bond donors (Lipinski definition) is 0. The molecule has 48 heavy (non-hydrogen) atoms. The first-order valence-electron chi connectivity index (χ1n) is 15.1. The molecule has 0 bridgehead atoms. The maximum Gasteiger partial charge on any atom is 0.303 e. The van der Waals surface area contributed by atoms with E-state index in [1.807, 2.05) is 30.3 Å². The lowest BCUT2D eigenvalue weighted by molar-refractivity contribution is -0.308. The molecule has 0 N–H and O–H groups in total. The van der Waals surface area contributed by atoms with Crippen molar-refractivity contribution in [2.45, 2.75) is 64.9 Å². The predicted molar refractivity (Wildman–Crippen MR) is 168 cm³/mol. The van der Waals surface area contributed by atoms with E-state index < -0.39 is 72.3 Å². The van der Waals surface area contributed by atoms with Crippen LogP contribution in [0.25, 0.3) is 43.5 Å². The van der Waals surface area contributed by atoms with Crippen LogP contribution in [0, 0.1) is 0 Å². The van der Waals surface area contributed by atoms with Gasteiger partial charge < -0.3 is 32.8 Å². The number of rotatable bonds is 9. The number of nitrogens with zero attached hydrogens (tertiary/aromatic N) is 1. The van der Waals surface area contributed by atoms with Gasteiger partial charge in [-0.05, 0) is 29.7 Å². The van der Waals surface area contributed by atoms with Crippen molar-refractivity contribution >= 4 is 67.4 Å². The second kappa shape index (κ2) is 13.0.